The fourth-order valence-electron chi connectivity index (χ4n) is 3.01. The molecule has 7 heteroatoms. The van der Waals surface area contributed by atoms with E-state index < -0.39 is 17.4 Å². The SMILES string of the molecule is Cc1nc(-c2ccccc2)oc1C(=O)NC1(CC(=O)O)CCOCC1. The zero-order chi connectivity index (χ0) is 17.9. The largest absolute Gasteiger partial charge is 0.481 e. The predicted octanol–water partition coefficient (Wildman–Crippen LogP) is 2.40. The Morgan fingerprint density at radius 3 is 2.56 bits per heavy atom. The summed E-state index contributed by atoms with van der Waals surface area (Å²) in [5, 5.41) is 12.0. The van der Waals surface area contributed by atoms with Crippen LogP contribution in [0.4, 0.5) is 0 Å². The highest BCUT2D eigenvalue weighted by Crippen LogP contribution is 2.27. The molecule has 2 aromatic rings. The number of aryl methyl sites for hydroxylation is 1. The van der Waals surface area contributed by atoms with Crippen LogP contribution in [0.3, 0.4) is 0 Å². The standard InChI is InChI=1S/C18H20N2O5/c1-12-15(25-17(19-12)13-5-3-2-4-6-13)16(23)20-18(11-14(21)22)7-9-24-10-8-18/h2-6H,7-11H2,1H3,(H,20,23)(H,21,22). The predicted molar refractivity (Wildman–Crippen MR) is 89.2 cm³/mol. The quantitative estimate of drug-likeness (QED) is 0.863. The van der Waals surface area contributed by atoms with Crippen molar-refractivity contribution in [2.24, 2.45) is 0 Å². The summed E-state index contributed by atoms with van der Waals surface area (Å²) in [6.45, 7) is 2.52. The number of ether oxygens (including phenoxy) is 1. The van der Waals surface area contributed by atoms with Gasteiger partial charge in [-0.15, -0.1) is 0 Å². The summed E-state index contributed by atoms with van der Waals surface area (Å²) in [4.78, 5) is 28.2. The Hall–Kier alpha value is -2.67. The first-order chi connectivity index (χ1) is 12.0. The highest BCUT2D eigenvalue weighted by molar-refractivity contribution is 5.93. The number of hydrogen-bond donors (Lipinski definition) is 2. The number of amides is 1. The van der Waals surface area contributed by atoms with Crippen molar-refractivity contribution in [3.8, 4) is 11.5 Å². The summed E-state index contributed by atoms with van der Waals surface area (Å²) in [7, 11) is 0. The van der Waals surface area contributed by atoms with E-state index in [4.69, 9.17) is 9.15 Å². The van der Waals surface area contributed by atoms with Crippen molar-refractivity contribution in [3.63, 3.8) is 0 Å². The van der Waals surface area contributed by atoms with Gasteiger partial charge in [0.1, 0.15) is 0 Å². The number of benzene rings is 1. The fourth-order valence-corrected chi connectivity index (χ4v) is 3.01. The minimum Gasteiger partial charge on any atom is -0.481 e. The molecule has 1 aliphatic rings. The Bertz CT molecular complexity index is 763. The van der Waals surface area contributed by atoms with Gasteiger partial charge in [-0.1, -0.05) is 18.2 Å². The van der Waals surface area contributed by atoms with Gasteiger partial charge in [0.2, 0.25) is 11.7 Å². The third-order valence-corrected chi connectivity index (χ3v) is 4.34. The maximum absolute atomic E-state index is 12.7. The minimum atomic E-state index is -0.957. The van der Waals surface area contributed by atoms with Gasteiger partial charge in [0.05, 0.1) is 17.7 Å². The lowest BCUT2D eigenvalue weighted by molar-refractivity contribution is -0.139. The molecule has 0 atom stereocenters. The second-order valence-electron chi connectivity index (χ2n) is 6.22. The van der Waals surface area contributed by atoms with Gasteiger partial charge in [-0.05, 0) is 31.9 Å². The molecule has 1 saturated heterocycles. The highest BCUT2D eigenvalue weighted by Gasteiger charge is 2.37. The van der Waals surface area contributed by atoms with Crippen LogP contribution in [-0.2, 0) is 9.53 Å². The second-order valence-corrected chi connectivity index (χ2v) is 6.22. The van der Waals surface area contributed by atoms with E-state index >= 15 is 0 Å². The van der Waals surface area contributed by atoms with E-state index in [9.17, 15) is 14.7 Å². The van der Waals surface area contributed by atoms with Gasteiger partial charge < -0.3 is 19.6 Å². The molecule has 0 aliphatic carbocycles. The van der Waals surface area contributed by atoms with Crippen LogP contribution in [0.25, 0.3) is 11.5 Å². The van der Waals surface area contributed by atoms with Crippen LogP contribution in [-0.4, -0.2) is 40.7 Å². The molecule has 2 N–H and O–H groups in total. The van der Waals surface area contributed by atoms with Crippen molar-refractivity contribution >= 4 is 11.9 Å². The van der Waals surface area contributed by atoms with Gasteiger partial charge in [-0.25, -0.2) is 4.98 Å². The number of carbonyl (C=O) groups is 2. The molecule has 0 radical (unpaired) electrons. The zero-order valence-electron chi connectivity index (χ0n) is 13.9. The molecule has 7 nitrogen and oxygen atoms in total. The molecule has 132 valence electrons. The average molecular weight is 344 g/mol. The molecule has 0 spiro atoms. The number of hydrogen-bond acceptors (Lipinski definition) is 5. The molecular formula is C18H20N2O5. The van der Waals surface area contributed by atoms with E-state index in [1.54, 1.807) is 6.92 Å². The molecule has 3 rings (SSSR count). The number of aromatic nitrogens is 1. The number of nitrogens with one attached hydrogen (secondary N) is 1. The van der Waals surface area contributed by atoms with Gasteiger partial charge in [0.25, 0.3) is 5.91 Å². The third-order valence-electron chi connectivity index (χ3n) is 4.34. The first-order valence-corrected chi connectivity index (χ1v) is 8.14. The maximum atomic E-state index is 12.7. The van der Waals surface area contributed by atoms with Crippen LogP contribution >= 0.6 is 0 Å². The maximum Gasteiger partial charge on any atom is 0.305 e. The van der Waals surface area contributed by atoms with Crippen molar-refractivity contribution in [2.75, 3.05) is 13.2 Å². The smallest absolute Gasteiger partial charge is 0.305 e. The first-order valence-electron chi connectivity index (χ1n) is 8.14. The molecule has 0 unspecified atom stereocenters. The lowest BCUT2D eigenvalue weighted by atomic mass is 9.86. The Balaban J connectivity index is 1.82. The van der Waals surface area contributed by atoms with Crippen LogP contribution in [0.5, 0.6) is 0 Å². The number of nitrogens with zero attached hydrogens (tertiary/aromatic N) is 1. The molecule has 0 saturated carbocycles. The topological polar surface area (TPSA) is 102 Å². The number of carboxylic acids is 1. The first kappa shape index (κ1) is 17.2. The summed E-state index contributed by atoms with van der Waals surface area (Å²) in [6.07, 6.45) is 0.744. The molecule has 25 heavy (non-hydrogen) atoms. The summed E-state index contributed by atoms with van der Waals surface area (Å²) >= 11 is 0. The zero-order valence-corrected chi connectivity index (χ0v) is 13.9. The second kappa shape index (κ2) is 7.06. The molecule has 0 bridgehead atoms. The molecular weight excluding hydrogens is 324 g/mol. The molecule has 1 aliphatic heterocycles. The average Bonchev–Trinajstić information content (AvgIpc) is 2.97. The van der Waals surface area contributed by atoms with E-state index in [1.165, 1.54) is 0 Å². The molecule has 1 aromatic heterocycles. The summed E-state index contributed by atoms with van der Waals surface area (Å²) in [5.41, 5.74) is 0.415. The molecule has 1 amide bonds. The number of rotatable bonds is 5. The van der Waals surface area contributed by atoms with E-state index in [-0.39, 0.29) is 12.2 Å². The Kier molecular flexibility index (Phi) is 4.85. The lowest BCUT2D eigenvalue weighted by Gasteiger charge is -2.36. The van der Waals surface area contributed by atoms with Crippen LogP contribution in [0.15, 0.2) is 34.7 Å². The van der Waals surface area contributed by atoms with Gasteiger partial charge in [-0.3, -0.25) is 9.59 Å². The minimum absolute atomic E-state index is 0.107. The lowest BCUT2D eigenvalue weighted by Crippen LogP contribution is -2.53. The van der Waals surface area contributed by atoms with Crippen LogP contribution in [0.2, 0.25) is 0 Å². The number of aliphatic carboxylic acids is 1. The summed E-state index contributed by atoms with van der Waals surface area (Å²) in [6, 6.07) is 9.29. The number of oxazole rings is 1. The normalized spacial score (nSPS) is 16.4. The molecule has 2 heterocycles. The van der Waals surface area contributed by atoms with Crippen molar-refractivity contribution in [2.45, 2.75) is 31.7 Å². The fraction of sp³-hybridized carbons (Fsp3) is 0.389. The Labute approximate surface area is 145 Å². The van der Waals surface area contributed by atoms with Crippen molar-refractivity contribution in [1.82, 2.24) is 10.3 Å². The van der Waals surface area contributed by atoms with Crippen molar-refractivity contribution in [3.05, 3.63) is 41.8 Å². The van der Waals surface area contributed by atoms with Crippen LogP contribution < -0.4 is 5.32 Å². The number of carboxylic acid groups (broad SMARTS) is 1. The molecule has 1 aromatic carbocycles. The van der Waals surface area contributed by atoms with Gasteiger partial charge in [-0.2, -0.15) is 0 Å². The van der Waals surface area contributed by atoms with E-state index in [0.29, 0.717) is 37.6 Å². The van der Waals surface area contributed by atoms with E-state index in [1.807, 2.05) is 30.3 Å². The van der Waals surface area contributed by atoms with E-state index in [0.717, 1.165) is 5.56 Å². The summed E-state index contributed by atoms with van der Waals surface area (Å²) < 4.78 is 11.0. The third kappa shape index (κ3) is 3.88. The Morgan fingerprint density at radius 1 is 1.24 bits per heavy atom. The van der Waals surface area contributed by atoms with Crippen molar-refractivity contribution < 1.29 is 23.8 Å². The highest BCUT2D eigenvalue weighted by atomic mass is 16.5. The van der Waals surface area contributed by atoms with E-state index in [2.05, 4.69) is 10.3 Å². The number of carbonyl (C=O) groups excluding carboxylic acids is 1. The van der Waals surface area contributed by atoms with Gasteiger partial charge >= 0.3 is 5.97 Å². The van der Waals surface area contributed by atoms with Gasteiger partial charge in [0, 0.05) is 18.8 Å². The monoisotopic (exact) mass is 344 g/mol. The summed E-state index contributed by atoms with van der Waals surface area (Å²) in [5.74, 6) is -0.936. The van der Waals surface area contributed by atoms with Crippen LogP contribution in [0, 0.1) is 6.92 Å². The van der Waals surface area contributed by atoms with Crippen LogP contribution in [0.1, 0.15) is 35.5 Å². The van der Waals surface area contributed by atoms with Crippen molar-refractivity contribution in [1.29, 1.82) is 0 Å². The molecule has 1 fully saturated rings. The Morgan fingerprint density at radius 2 is 1.92 bits per heavy atom. The van der Waals surface area contributed by atoms with Gasteiger partial charge in [0.15, 0.2) is 0 Å².